The number of nitrogens with one attached hydrogen (secondary N) is 1. The Kier molecular flexibility index (Phi) is 7.43. The minimum Gasteiger partial charge on any atom is -0.493 e. The average Bonchev–Trinajstić information content (AvgIpc) is 3.14. The topological polar surface area (TPSA) is 73.9 Å². The standard InChI is InChI=1S/C20H23NO5S/c1-13(22)18-7-6-15(27-18)9-10-21-19(23)8-5-14-11-16(24-2)20(26-4)17(12-14)25-3/h5-8,11-12H,9-10H2,1-4H3,(H,21,23). The van der Waals surface area contributed by atoms with Crippen molar-refractivity contribution in [1.29, 1.82) is 0 Å². The lowest BCUT2D eigenvalue weighted by molar-refractivity contribution is -0.116. The molecule has 144 valence electrons. The van der Waals surface area contributed by atoms with Gasteiger partial charge >= 0.3 is 0 Å². The van der Waals surface area contributed by atoms with Crippen molar-refractivity contribution in [3.63, 3.8) is 0 Å². The second kappa shape index (κ2) is 9.78. The Balaban J connectivity index is 1.94. The Bertz CT molecular complexity index is 816. The molecule has 0 unspecified atom stereocenters. The lowest BCUT2D eigenvalue weighted by Gasteiger charge is -2.12. The number of ether oxygens (including phenoxy) is 3. The molecule has 27 heavy (non-hydrogen) atoms. The van der Waals surface area contributed by atoms with Crippen LogP contribution in [-0.2, 0) is 11.2 Å². The van der Waals surface area contributed by atoms with Crippen LogP contribution in [0.25, 0.3) is 6.08 Å². The monoisotopic (exact) mass is 389 g/mol. The van der Waals surface area contributed by atoms with E-state index in [2.05, 4.69) is 5.32 Å². The Morgan fingerprint density at radius 1 is 1.07 bits per heavy atom. The third-order valence-corrected chi connectivity index (χ3v) is 5.04. The molecule has 0 aliphatic heterocycles. The molecular formula is C20H23NO5S. The molecule has 0 atom stereocenters. The van der Waals surface area contributed by atoms with Gasteiger partial charge in [0.2, 0.25) is 11.7 Å². The molecule has 0 saturated carbocycles. The molecule has 1 amide bonds. The van der Waals surface area contributed by atoms with Crippen molar-refractivity contribution in [2.45, 2.75) is 13.3 Å². The molecule has 2 aromatic rings. The molecule has 1 aromatic heterocycles. The minimum atomic E-state index is -0.202. The van der Waals surface area contributed by atoms with Crippen molar-refractivity contribution in [2.24, 2.45) is 0 Å². The van der Waals surface area contributed by atoms with Gasteiger partial charge in [-0.15, -0.1) is 11.3 Å². The normalized spacial score (nSPS) is 10.7. The van der Waals surface area contributed by atoms with Gasteiger partial charge in [0.15, 0.2) is 17.3 Å². The summed E-state index contributed by atoms with van der Waals surface area (Å²) >= 11 is 1.46. The van der Waals surface area contributed by atoms with Crippen LogP contribution in [0, 0.1) is 0 Å². The summed E-state index contributed by atoms with van der Waals surface area (Å²) < 4.78 is 15.9. The Hall–Kier alpha value is -2.80. The van der Waals surface area contributed by atoms with E-state index < -0.39 is 0 Å². The van der Waals surface area contributed by atoms with Gasteiger partial charge in [-0.1, -0.05) is 0 Å². The fourth-order valence-electron chi connectivity index (χ4n) is 2.44. The first-order valence-corrected chi connectivity index (χ1v) is 9.15. The molecule has 0 spiro atoms. The first-order chi connectivity index (χ1) is 13.0. The van der Waals surface area contributed by atoms with E-state index >= 15 is 0 Å². The predicted molar refractivity (Wildman–Crippen MR) is 106 cm³/mol. The van der Waals surface area contributed by atoms with Gasteiger partial charge in [0.1, 0.15) is 0 Å². The first-order valence-electron chi connectivity index (χ1n) is 8.34. The number of ketones is 1. The minimum absolute atomic E-state index is 0.0589. The van der Waals surface area contributed by atoms with Crippen LogP contribution in [0.15, 0.2) is 30.3 Å². The predicted octanol–water partition coefficient (Wildman–Crippen LogP) is 3.35. The van der Waals surface area contributed by atoms with Crippen LogP contribution < -0.4 is 19.5 Å². The third kappa shape index (κ3) is 5.59. The first kappa shape index (κ1) is 20.5. The van der Waals surface area contributed by atoms with E-state index in [1.165, 1.54) is 24.5 Å². The smallest absolute Gasteiger partial charge is 0.244 e. The molecular weight excluding hydrogens is 366 g/mol. The van der Waals surface area contributed by atoms with Crippen LogP contribution in [0.4, 0.5) is 0 Å². The molecule has 0 fully saturated rings. The fourth-order valence-corrected chi connectivity index (χ4v) is 3.34. The van der Waals surface area contributed by atoms with Crippen molar-refractivity contribution < 1.29 is 23.8 Å². The summed E-state index contributed by atoms with van der Waals surface area (Å²) in [4.78, 5) is 25.1. The molecule has 6 nitrogen and oxygen atoms in total. The Labute approximate surface area is 162 Å². The third-order valence-electron chi connectivity index (χ3n) is 3.79. The van der Waals surface area contributed by atoms with E-state index in [0.29, 0.717) is 30.2 Å². The lowest BCUT2D eigenvalue weighted by Crippen LogP contribution is -2.23. The highest BCUT2D eigenvalue weighted by atomic mass is 32.1. The van der Waals surface area contributed by atoms with E-state index in [1.807, 2.05) is 12.1 Å². The zero-order chi connectivity index (χ0) is 19.8. The quantitative estimate of drug-likeness (QED) is 0.526. The van der Waals surface area contributed by atoms with Crippen LogP contribution in [0.3, 0.4) is 0 Å². The number of hydrogen-bond acceptors (Lipinski definition) is 6. The lowest BCUT2D eigenvalue weighted by atomic mass is 10.1. The number of carbonyl (C=O) groups excluding carboxylic acids is 2. The Morgan fingerprint density at radius 2 is 1.74 bits per heavy atom. The van der Waals surface area contributed by atoms with Crippen molar-refractivity contribution in [3.05, 3.63) is 45.7 Å². The molecule has 0 aliphatic carbocycles. The highest BCUT2D eigenvalue weighted by Crippen LogP contribution is 2.38. The van der Waals surface area contributed by atoms with Gasteiger partial charge in [0.05, 0.1) is 26.2 Å². The highest BCUT2D eigenvalue weighted by molar-refractivity contribution is 7.14. The second-order valence-corrected chi connectivity index (χ2v) is 6.82. The van der Waals surface area contributed by atoms with Crippen molar-refractivity contribution in [2.75, 3.05) is 27.9 Å². The van der Waals surface area contributed by atoms with Crippen LogP contribution in [-0.4, -0.2) is 39.6 Å². The molecule has 0 radical (unpaired) electrons. The maximum absolute atomic E-state index is 12.0. The molecule has 1 aromatic carbocycles. The Morgan fingerprint density at radius 3 is 2.26 bits per heavy atom. The van der Waals surface area contributed by atoms with E-state index in [0.717, 1.165) is 15.3 Å². The number of rotatable bonds is 9. The van der Waals surface area contributed by atoms with Crippen LogP contribution in [0.2, 0.25) is 0 Å². The number of thiophene rings is 1. The summed E-state index contributed by atoms with van der Waals surface area (Å²) in [6.07, 6.45) is 3.82. The molecule has 1 heterocycles. The summed E-state index contributed by atoms with van der Waals surface area (Å²) in [7, 11) is 4.62. The maximum Gasteiger partial charge on any atom is 0.244 e. The number of carbonyl (C=O) groups is 2. The van der Waals surface area contributed by atoms with E-state index in [-0.39, 0.29) is 11.7 Å². The number of benzene rings is 1. The van der Waals surface area contributed by atoms with Crippen LogP contribution in [0.1, 0.15) is 27.0 Å². The van der Waals surface area contributed by atoms with Gasteiger partial charge in [-0.2, -0.15) is 0 Å². The van der Waals surface area contributed by atoms with Gasteiger partial charge < -0.3 is 19.5 Å². The van der Waals surface area contributed by atoms with Crippen molar-refractivity contribution in [1.82, 2.24) is 5.32 Å². The van der Waals surface area contributed by atoms with Crippen LogP contribution in [0.5, 0.6) is 17.2 Å². The molecule has 1 N–H and O–H groups in total. The molecule has 0 aliphatic rings. The van der Waals surface area contributed by atoms with Gasteiger partial charge in [-0.05, 0) is 49.2 Å². The van der Waals surface area contributed by atoms with E-state index in [9.17, 15) is 9.59 Å². The number of methoxy groups -OCH3 is 3. The number of Topliss-reactive ketones (excluding diaryl/α,β-unsaturated/α-hetero) is 1. The fraction of sp³-hybridized carbons (Fsp3) is 0.300. The maximum atomic E-state index is 12.0. The van der Waals surface area contributed by atoms with Gasteiger partial charge in [0.25, 0.3) is 0 Å². The molecule has 2 rings (SSSR count). The van der Waals surface area contributed by atoms with Gasteiger partial charge in [-0.3, -0.25) is 9.59 Å². The summed E-state index contributed by atoms with van der Waals surface area (Å²) in [6.45, 7) is 2.04. The summed E-state index contributed by atoms with van der Waals surface area (Å²) in [5.74, 6) is 1.41. The second-order valence-electron chi connectivity index (χ2n) is 5.66. The van der Waals surface area contributed by atoms with E-state index in [4.69, 9.17) is 14.2 Å². The van der Waals surface area contributed by atoms with Crippen LogP contribution >= 0.6 is 11.3 Å². The number of hydrogen-bond donors (Lipinski definition) is 1. The summed E-state index contributed by atoms with van der Waals surface area (Å²) in [5.41, 5.74) is 0.754. The zero-order valence-corrected chi connectivity index (χ0v) is 16.6. The molecule has 7 heteroatoms. The molecule has 0 bridgehead atoms. The van der Waals surface area contributed by atoms with Gasteiger partial charge in [0, 0.05) is 17.5 Å². The molecule has 0 saturated heterocycles. The summed E-state index contributed by atoms with van der Waals surface area (Å²) in [6, 6.07) is 7.26. The largest absolute Gasteiger partial charge is 0.493 e. The van der Waals surface area contributed by atoms with Gasteiger partial charge in [-0.25, -0.2) is 0 Å². The van der Waals surface area contributed by atoms with Crippen molar-refractivity contribution >= 4 is 29.1 Å². The average molecular weight is 389 g/mol. The highest BCUT2D eigenvalue weighted by Gasteiger charge is 2.12. The SMILES string of the molecule is COc1cc(C=CC(=O)NCCc2ccc(C(C)=O)s2)cc(OC)c1OC. The van der Waals surface area contributed by atoms with Crippen molar-refractivity contribution in [3.8, 4) is 17.2 Å². The number of amides is 1. The summed E-state index contributed by atoms with van der Waals surface area (Å²) in [5, 5.41) is 2.83. The van der Waals surface area contributed by atoms with E-state index in [1.54, 1.807) is 39.4 Å². The zero-order valence-electron chi connectivity index (χ0n) is 15.8.